The fourth-order valence-corrected chi connectivity index (χ4v) is 3.07. The molecule has 0 aliphatic carbocycles. The van der Waals surface area contributed by atoms with Crippen LogP contribution >= 0.6 is 23.4 Å². The predicted octanol–water partition coefficient (Wildman–Crippen LogP) is 3.17. The molecule has 1 aliphatic rings. The molecule has 16 heavy (non-hydrogen) atoms. The lowest BCUT2D eigenvalue weighted by molar-refractivity contribution is 0.813. The number of hydrogen-bond acceptors (Lipinski definition) is 3. The van der Waals surface area contributed by atoms with E-state index >= 15 is 0 Å². The predicted molar refractivity (Wildman–Crippen MR) is 74.8 cm³/mol. The van der Waals surface area contributed by atoms with Gasteiger partial charge in [0.1, 0.15) is 0 Å². The molecule has 0 radical (unpaired) electrons. The standard InChI is InChI=1S/C12H17ClN2S/c1-9-7-11(14)10(13)8-12(9)15-3-2-5-16-6-4-15/h7-8H,2-6,14H2,1H3. The summed E-state index contributed by atoms with van der Waals surface area (Å²) in [6, 6.07) is 3.97. The summed E-state index contributed by atoms with van der Waals surface area (Å²) in [6.07, 6.45) is 1.24. The van der Waals surface area contributed by atoms with Gasteiger partial charge >= 0.3 is 0 Å². The van der Waals surface area contributed by atoms with Crippen LogP contribution in [0.2, 0.25) is 5.02 Å². The Hall–Kier alpha value is -0.540. The number of nitrogen functional groups attached to an aromatic ring is 1. The molecule has 1 heterocycles. The Kier molecular flexibility index (Phi) is 3.87. The lowest BCUT2D eigenvalue weighted by atomic mass is 10.1. The van der Waals surface area contributed by atoms with Crippen LogP contribution in [0.15, 0.2) is 12.1 Å². The largest absolute Gasteiger partial charge is 0.398 e. The minimum Gasteiger partial charge on any atom is -0.398 e. The van der Waals surface area contributed by atoms with Crippen molar-refractivity contribution in [1.82, 2.24) is 0 Å². The maximum Gasteiger partial charge on any atom is 0.0656 e. The average molecular weight is 257 g/mol. The fraction of sp³-hybridized carbons (Fsp3) is 0.500. The maximum absolute atomic E-state index is 6.09. The molecule has 2 nitrogen and oxygen atoms in total. The summed E-state index contributed by atoms with van der Waals surface area (Å²) in [4.78, 5) is 2.42. The van der Waals surface area contributed by atoms with Gasteiger partial charge in [-0.05, 0) is 36.8 Å². The van der Waals surface area contributed by atoms with Gasteiger partial charge in [0.2, 0.25) is 0 Å². The van der Waals surface area contributed by atoms with Crippen molar-refractivity contribution in [2.24, 2.45) is 0 Å². The molecule has 1 aliphatic heterocycles. The van der Waals surface area contributed by atoms with E-state index in [0.29, 0.717) is 10.7 Å². The molecule has 0 unspecified atom stereocenters. The Bertz CT molecular complexity index is 374. The first-order chi connectivity index (χ1) is 7.68. The molecule has 88 valence electrons. The molecule has 2 rings (SSSR count). The van der Waals surface area contributed by atoms with Crippen LogP contribution in [-0.4, -0.2) is 24.6 Å². The number of thioether (sulfide) groups is 1. The molecular formula is C12H17ClN2S. The Labute approximate surface area is 106 Å². The zero-order chi connectivity index (χ0) is 11.5. The van der Waals surface area contributed by atoms with Gasteiger partial charge in [-0.1, -0.05) is 11.6 Å². The first kappa shape index (κ1) is 11.9. The number of anilines is 2. The van der Waals surface area contributed by atoms with Crippen LogP contribution in [0.4, 0.5) is 11.4 Å². The summed E-state index contributed by atoms with van der Waals surface area (Å²) in [5.41, 5.74) is 8.92. The molecule has 0 amide bonds. The van der Waals surface area contributed by atoms with Crippen molar-refractivity contribution in [3.8, 4) is 0 Å². The Morgan fingerprint density at radius 2 is 2.12 bits per heavy atom. The lowest BCUT2D eigenvalue weighted by Gasteiger charge is -2.24. The molecule has 0 atom stereocenters. The molecule has 0 spiro atoms. The van der Waals surface area contributed by atoms with Gasteiger partial charge in [0, 0.05) is 24.5 Å². The number of halogens is 1. The topological polar surface area (TPSA) is 29.3 Å². The third-order valence-electron chi connectivity index (χ3n) is 2.88. The maximum atomic E-state index is 6.09. The number of rotatable bonds is 1. The van der Waals surface area contributed by atoms with Gasteiger partial charge in [0.25, 0.3) is 0 Å². The van der Waals surface area contributed by atoms with Crippen molar-refractivity contribution < 1.29 is 0 Å². The second kappa shape index (κ2) is 5.19. The summed E-state index contributed by atoms with van der Waals surface area (Å²) in [5, 5.41) is 0.664. The molecule has 1 fully saturated rings. The second-order valence-electron chi connectivity index (χ2n) is 4.11. The van der Waals surface area contributed by atoms with Gasteiger partial charge in [-0.25, -0.2) is 0 Å². The van der Waals surface area contributed by atoms with E-state index in [2.05, 4.69) is 11.8 Å². The van der Waals surface area contributed by atoms with Crippen LogP contribution in [0, 0.1) is 6.92 Å². The van der Waals surface area contributed by atoms with Gasteiger partial charge < -0.3 is 10.6 Å². The van der Waals surface area contributed by atoms with Gasteiger partial charge in [0.15, 0.2) is 0 Å². The Morgan fingerprint density at radius 3 is 2.94 bits per heavy atom. The zero-order valence-electron chi connectivity index (χ0n) is 9.50. The minimum absolute atomic E-state index is 0.664. The zero-order valence-corrected chi connectivity index (χ0v) is 11.1. The minimum atomic E-state index is 0.664. The Balaban J connectivity index is 2.27. The molecule has 1 aromatic carbocycles. The monoisotopic (exact) mass is 256 g/mol. The van der Waals surface area contributed by atoms with Gasteiger partial charge in [-0.3, -0.25) is 0 Å². The summed E-state index contributed by atoms with van der Waals surface area (Å²) in [5.74, 6) is 2.46. The smallest absolute Gasteiger partial charge is 0.0656 e. The first-order valence-corrected chi connectivity index (χ1v) is 7.10. The number of aryl methyl sites for hydroxylation is 1. The molecule has 0 saturated carbocycles. The van der Waals surface area contributed by atoms with Crippen molar-refractivity contribution in [2.45, 2.75) is 13.3 Å². The van der Waals surface area contributed by atoms with Crippen LogP contribution < -0.4 is 10.6 Å². The number of benzene rings is 1. The highest BCUT2D eigenvalue weighted by Crippen LogP contribution is 2.30. The molecule has 0 bridgehead atoms. The molecule has 4 heteroatoms. The van der Waals surface area contributed by atoms with Crippen molar-refractivity contribution in [2.75, 3.05) is 35.2 Å². The molecular weight excluding hydrogens is 240 g/mol. The van der Waals surface area contributed by atoms with E-state index in [-0.39, 0.29) is 0 Å². The Morgan fingerprint density at radius 1 is 1.31 bits per heavy atom. The fourth-order valence-electron chi connectivity index (χ4n) is 2.02. The van der Waals surface area contributed by atoms with Gasteiger partial charge in [-0.15, -0.1) is 0 Å². The van der Waals surface area contributed by atoms with Crippen LogP contribution in [-0.2, 0) is 0 Å². The van der Waals surface area contributed by atoms with E-state index in [1.807, 2.05) is 23.9 Å². The highest BCUT2D eigenvalue weighted by atomic mass is 35.5. The van der Waals surface area contributed by atoms with Crippen molar-refractivity contribution >= 4 is 34.7 Å². The first-order valence-electron chi connectivity index (χ1n) is 5.57. The normalized spacial score (nSPS) is 17.2. The number of nitrogens with zero attached hydrogens (tertiary/aromatic N) is 1. The van der Waals surface area contributed by atoms with E-state index in [4.69, 9.17) is 17.3 Å². The lowest BCUT2D eigenvalue weighted by Crippen LogP contribution is -2.26. The average Bonchev–Trinajstić information content (AvgIpc) is 2.52. The van der Waals surface area contributed by atoms with E-state index in [1.54, 1.807) is 0 Å². The van der Waals surface area contributed by atoms with Crippen molar-refractivity contribution in [3.05, 3.63) is 22.7 Å². The summed E-state index contributed by atoms with van der Waals surface area (Å²) < 4.78 is 0. The van der Waals surface area contributed by atoms with Crippen LogP contribution in [0.1, 0.15) is 12.0 Å². The van der Waals surface area contributed by atoms with E-state index in [1.165, 1.54) is 29.2 Å². The van der Waals surface area contributed by atoms with E-state index in [9.17, 15) is 0 Å². The molecule has 0 aromatic heterocycles. The van der Waals surface area contributed by atoms with Crippen LogP contribution in [0.5, 0.6) is 0 Å². The molecule has 2 N–H and O–H groups in total. The van der Waals surface area contributed by atoms with E-state index in [0.717, 1.165) is 13.1 Å². The van der Waals surface area contributed by atoms with Gasteiger partial charge in [0.05, 0.1) is 10.7 Å². The second-order valence-corrected chi connectivity index (χ2v) is 5.75. The van der Waals surface area contributed by atoms with E-state index < -0.39 is 0 Å². The SMILES string of the molecule is Cc1cc(N)c(Cl)cc1N1CCCSCC1. The third-order valence-corrected chi connectivity index (χ3v) is 4.25. The quantitative estimate of drug-likeness (QED) is 0.783. The summed E-state index contributed by atoms with van der Waals surface area (Å²) >= 11 is 8.12. The summed E-state index contributed by atoms with van der Waals surface area (Å²) in [7, 11) is 0. The molecule has 1 saturated heterocycles. The van der Waals surface area contributed by atoms with Crippen molar-refractivity contribution in [1.29, 1.82) is 0 Å². The van der Waals surface area contributed by atoms with Crippen molar-refractivity contribution in [3.63, 3.8) is 0 Å². The number of nitrogens with two attached hydrogens (primary N) is 1. The summed E-state index contributed by atoms with van der Waals surface area (Å²) in [6.45, 7) is 4.32. The highest BCUT2D eigenvalue weighted by Gasteiger charge is 2.13. The number of hydrogen-bond donors (Lipinski definition) is 1. The van der Waals surface area contributed by atoms with Crippen LogP contribution in [0.3, 0.4) is 0 Å². The van der Waals surface area contributed by atoms with Crippen LogP contribution in [0.25, 0.3) is 0 Å². The van der Waals surface area contributed by atoms with Gasteiger partial charge in [-0.2, -0.15) is 11.8 Å². The third kappa shape index (κ3) is 2.58. The molecule has 1 aromatic rings. The highest BCUT2D eigenvalue weighted by molar-refractivity contribution is 7.99.